The molecule has 126 valence electrons. The summed E-state index contributed by atoms with van der Waals surface area (Å²) in [7, 11) is 0. The van der Waals surface area contributed by atoms with Gasteiger partial charge in [-0.05, 0) is 29.8 Å². The molecule has 0 aliphatic rings. The number of carbonyl (C=O) groups is 1. The van der Waals surface area contributed by atoms with Gasteiger partial charge in [0.25, 0.3) is 0 Å². The molecule has 0 unspecified atom stereocenters. The van der Waals surface area contributed by atoms with Gasteiger partial charge in [0.05, 0.1) is 17.3 Å². The molecule has 2 nitrogen and oxygen atoms in total. The lowest BCUT2D eigenvalue weighted by Gasteiger charge is -2.25. The Morgan fingerprint density at radius 1 is 0.880 bits per heavy atom. The second-order valence-electron chi connectivity index (χ2n) is 5.72. The lowest BCUT2D eigenvalue weighted by atomic mass is 10.1. The molecule has 4 heteroatoms. The summed E-state index contributed by atoms with van der Waals surface area (Å²) in [5, 5.41) is 0.641. The highest BCUT2D eigenvalue weighted by Crippen LogP contribution is 2.27. The first kappa shape index (κ1) is 17.7. The zero-order valence-corrected chi connectivity index (χ0v) is 15.9. The molecule has 0 saturated heterocycles. The van der Waals surface area contributed by atoms with Crippen LogP contribution in [0.5, 0.6) is 0 Å². The van der Waals surface area contributed by atoms with Crippen molar-refractivity contribution in [1.29, 1.82) is 0 Å². The lowest BCUT2D eigenvalue weighted by Crippen LogP contribution is -2.29. The molecule has 0 aliphatic heterocycles. The number of hydrogen-bond donors (Lipinski definition) is 0. The van der Waals surface area contributed by atoms with Crippen LogP contribution in [0.4, 0.5) is 5.69 Å². The summed E-state index contributed by atoms with van der Waals surface area (Å²) in [6.45, 7) is 0.882. The Kier molecular flexibility index (Phi) is 5.90. The van der Waals surface area contributed by atoms with Crippen molar-refractivity contribution in [1.82, 2.24) is 0 Å². The number of benzene rings is 3. The Labute approximate surface area is 161 Å². The summed E-state index contributed by atoms with van der Waals surface area (Å²) in [4.78, 5) is 14.8. The van der Waals surface area contributed by atoms with E-state index in [0.29, 0.717) is 17.1 Å². The van der Waals surface area contributed by atoms with E-state index in [1.54, 1.807) is 0 Å². The fraction of sp³-hybridized carbons (Fsp3) is 0.0952. The van der Waals surface area contributed by atoms with Gasteiger partial charge in [0.2, 0.25) is 0 Å². The zero-order valence-electron chi connectivity index (χ0n) is 13.5. The molecule has 0 atom stereocenters. The quantitative estimate of drug-likeness (QED) is 0.462. The maximum atomic E-state index is 12.7. The molecule has 0 aromatic heterocycles. The van der Waals surface area contributed by atoms with Crippen molar-refractivity contribution in [3.63, 3.8) is 0 Å². The van der Waals surface area contributed by atoms with Crippen LogP contribution in [0.25, 0.3) is 0 Å². The smallest absolute Gasteiger partial charge is 0.182 e. The second kappa shape index (κ2) is 8.32. The van der Waals surface area contributed by atoms with Gasteiger partial charge in [-0.25, -0.2) is 0 Å². The van der Waals surface area contributed by atoms with E-state index >= 15 is 0 Å². The summed E-state index contributed by atoms with van der Waals surface area (Å²) >= 11 is 9.77. The van der Waals surface area contributed by atoms with Crippen LogP contribution in [0.1, 0.15) is 15.9 Å². The third-order valence-corrected chi connectivity index (χ3v) is 4.76. The molecule has 3 aromatic rings. The third-order valence-electron chi connectivity index (χ3n) is 3.91. The van der Waals surface area contributed by atoms with E-state index < -0.39 is 0 Å². The van der Waals surface area contributed by atoms with Gasteiger partial charge in [-0.1, -0.05) is 82.1 Å². The number of halogens is 2. The Morgan fingerprint density at radius 3 is 2.20 bits per heavy atom. The average molecular weight is 415 g/mol. The number of ketones is 1. The topological polar surface area (TPSA) is 20.3 Å². The minimum absolute atomic E-state index is 0.0587. The number of rotatable bonds is 6. The van der Waals surface area contributed by atoms with Crippen LogP contribution in [0, 0.1) is 0 Å². The van der Waals surface area contributed by atoms with E-state index in [1.165, 1.54) is 0 Å². The lowest BCUT2D eigenvalue weighted by molar-refractivity contribution is 0.0998. The number of hydrogen-bond acceptors (Lipinski definition) is 2. The maximum absolute atomic E-state index is 12.7. The van der Waals surface area contributed by atoms with Crippen molar-refractivity contribution in [3.8, 4) is 0 Å². The highest BCUT2D eigenvalue weighted by atomic mass is 79.9. The third kappa shape index (κ3) is 4.71. The summed E-state index contributed by atoms with van der Waals surface area (Å²) in [6.07, 6.45) is 0. The number of carbonyl (C=O) groups excluding carboxylic acids is 1. The Bertz CT molecular complexity index is 849. The summed E-state index contributed by atoms with van der Waals surface area (Å²) in [6, 6.07) is 25.1. The van der Waals surface area contributed by atoms with Gasteiger partial charge in [-0.2, -0.15) is 0 Å². The van der Waals surface area contributed by atoms with Crippen LogP contribution in [0.3, 0.4) is 0 Å². The standard InChI is InChI=1S/C21H17BrClNO/c22-18-12-10-17(11-13-18)21(25)15-24(14-16-6-2-1-3-7-16)20-9-5-4-8-19(20)23/h1-13H,14-15H2. The monoisotopic (exact) mass is 413 g/mol. The molecule has 0 radical (unpaired) electrons. The van der Waals surface area contributed by atoms with Crippen LogP contribution in [-0.4, -0.2) is 12.3 Å². The number of anilines is 1. The molecule has 3 rings (SSSR count). The van der Waals surface area contributed by atoms with E-state index in [4.69, 9.17) is 11.6 Å². The van der Waals surface area contributed by atoms with Crippen molar-refractivity contribution in [2.75, 3.05) is 11.4 Å². The van der Waals surface area contributed by atoms with E-state index in [1.807, 2.05) is 83.8 Å². The van der Waals surface area contributed by atoms with Gasteiger partial charge >= 0.3 is 0 Å². The van der Waals surface area contributed by atoms with Gasteiger partial charge in [0, 0.05) is 16.6 Å². The first-order chi connectivity index (χ1) is 12.1. The number of para-hydroxylation sites is 1. The van der Waals surface area contributed by atoms with Crippen LogP contribution in [0.2, 0.25) is 5.02 Å². The minimum atomic E-state index is 0.0587. The summed E-state index contributed by atoms with van der Waals surface area (Å²) in [5.74, 6) is 0.0587. The Hall–Kier alpha value is -2.10. The molecule has 0 fully saturated rings. The molecule has 0 aliphatic carbocycles. The van der Waals surface area contributed by atoms with Crippen LogP contribution in [-0.2, 0) is 6.54 Å². The molecule has 0 amide bonds. The molecule has 0 bridgehead atoms. The largest absolute Gasteiger partial charge is 0.358 e. The van der Waals surface area contributed by atoms with Gasteiger partial charge < -0.3 is 4.90 Å². The highest BCUT2D eigenvalue weighted by Gasteiger charge is 2.16. The van der Waals surface area contributed by atoms with Crippen LogP contribution >= 0.6 is 27.5 Å². The van der Waals surface area contributed by atoms with Crippen LogP contribution in [0.15, 0.2) is 83.3 Å². The van der Waals surface area contributed by atoms with Gasteiger partial charge in [0.1, 0.15) is 0 Å². The summed E-state index contributed by atoms with van der Waals surface area (Å²) < 4.78 is 0.955. The Balaban J connectivity index is 1.87. The van der Waals surface area contributed by atoms with Crippen molar-refractivity contribution >= 4 is 39.0 Å². The summed E-state index contributed by atoms with van der Waals surface area (Å²) in [5.41, 5.74) is 2.68. The van der Waals surface area contributed by atoms with Gasteiger partial charge in [-0.3, -0.25) is 4.79 Å². The molecular formula is C21H17BrClNO. The number of Topliss-reactive ketones (excluding diaryl/α,β-unsaturated/α-hetero) is 1. The van der Waals surface area contributed by atoms with Crippen LogP contribution < -0.4 is 4.90 Å². The molecule has 0 spiro atoms. The predicted octanol–water partition coefficient (Wildman–Crippen LogP) is 5.99. The number of nitrogens with zero attached hydrogens (tertiary/aromatic N) is 1. The minimum Gasteiger partial charge on any atom is -0.358 e. The predicted molar refractivity (Wildman–Crippen MR) is 107 cm³/mol. The molecule has 3 aromatic carbocycles. The van der Waals surface area contributed by atoms with Crippen molar-refractivity contribution < 1.29 is 4.79 Å². The fourth-order valence-corrected chi connectivity index (χ4v) is 3.16. The zero-order chi connectivity index (χ0) is 17.6. The average Bonchev–Trinajstić information content (AvgIpc) is 2.63. The Morgan fingerprint density at radius 2 is 1.52 bits per heavy atom. The SMILES string of the molecule is O=C(CN(Cc1ccccc1)c1ccccc1Cl)c1ccc(Br)cc1. The van der Waals surface area contributed by atoms with Crippen molar-refractivity contribution in [2.24, 2.45) is 0 Å². The molecule has 0 heterocycles. The fourth-order valence-electron chi connectivity index (χ4n) is 2.64. The van der Waals surface area contributed by atoms with E-state index in [9.17, 15) is 4.79 Å². The van der Waals surface area contributed by atoms with E-state index in [-0.39, 0.29) is 12.3 Å². The first-order valence-corrected chi connectivity index (χ1v) is 9.13. The second-order valence-corrected chi connectivity index (χ2v) is 7.05. The molecular weight excluding hydrogens is 398 g/mol. The highest BCUT2D eigenvalue weighted by molar-refractivity contribution is 9.10. The maximum Gasteiger partial charge on any atom is 0.182 e. The van der Waals surface area contributed by atoms with Crippen molar-refractivity contribution in [3.05, 3.63) is 99.5 Å². The van der Waals surface area contributed by atoms with E-state index in [2.05, 4.69) is 15.9 Å². The van der Waals surface area contributed by atoms with Gasteiger partial charge in [-0.15, -0.1) is 0 Å². The first-order valence-electron chi connectivity index (χ1n) is 7.95. The van der Waals surface area contributed by atoms with E-state index in [0.717, 1.165) is 15.7 Å². The van der Waals surface area contributed by atoms with Crippen molar-refractivity contribution in [2.45, 2.75) is 6.54 Å². The normalized spacial score (nSPS) is 10.5. The molecule has 0 N–H and O–H groups in total. The molecule has 0 saturated carbocycles. The molecule has 25 heavy (non-hydrogen) atoms. The van der Waals surface area contributed by atoms with Gasteiger partial charge in [0.15, 0.2) is 5.78 Å².